The highest BCUT2D eigenvalue weighted by Crippen LogP contribution is 2.33. The van der Waals surface area contributed by atoms with Crippen molar-refractivity contribution in [1.29, 1.82) is 0 Å². The van der Waals surface area contributed by atoms with E-state index in [-0.39, 0.29) is 36.6 Å². The first-order valence-corrected chi connectivity index (χ1v) is 10.5. The van der Waals surface area contributed by atoms with Crippen molar-refractivity contribution >= 4 is 29.4 Å². The van der Waals surface area contributed by atoms with Crippen LogP contribution in [0.15, 0.2) is 46.9 Å². The van der Waals surface area contributed by atoms with Crippen molar-refractivity contribution in [2.24, 2.45) is 0 Å². The molecule has 0 saturated carbocycles. The molecule has 0 atom stereocenters. The first-order valence-electron chi connectivity index (χ1n) is 10.5. The van der Waals surface area contributed by atoms with Gasteiger partial charge in [0.25, 0.3) is 5.91 Å². The Hall–Kier alpha value is -4.21. The van der Waals surface area contributed by atoms with E-state index in [2.05, 4.69) is 15.5 Å². The summed E-state index contributed by atoms with van der Waals surface area (Å²) in [6.07, 6.45) is 0.391. The molecular formula is C23H22N4O6. The lowest BCUT2D eigenvalue weighted by molar-refractivity contribution is -0.121. The fourth-order valence-corrected chi connectivity index (χ4v) is 3.37. The normalized spacial score (nSPS) is 13.3. The molecule has 1 aliphatic rings. The summed E-state index contributed by atoms with van der Waals surface area (Å²) in [6.45, 7) is 4.72. The number of carbonyl (C=O) groups is 3. The molecule has 0 spiro atoms. The summed E-state index contributed by atoms with van der Waals surface area (Å²) in [4.78, 5) is 37.4. The van der Waals surface area contributed by atoms with Gasteiger partial charge in [-0.15, -0.1) is 5.10 Å². The molecule has 1 N–H and O–H groups in total. The second kappa shape index (κ2) is 9.51. The second-order valence-corrected chi connectivity index (χ2v) is 7.06. The van der Waals surface area contributed by atoms with E-state index < -0.39 is 5.91 Å². The zero-order valence-corrected chi connectivity index (χ0v) is 18.2. The lowest BCUT2D eigenvalue weighted by Crippen LogP contribution is -2.28. The van der Waals surface area contributed by atoms with Gasteiger partial charge in [-0.3, -0.25) is 24.6 Å². The summed E-state index contributed by atoms with van der Waals surface area (Å²) in [5.74, 6) is 0.385. The zero-order chi connectivity index (χ0) is 23.4. The Labute approximate surface area is 189 Å². The summed E-state index contributed by atoms with van der Waals surface area (Å²) in [6, 6.07) is 11.3. The van der Waals surface area contributed by atoms with Gasteiger partial charge in [0.15, 0.2) is 11.5 Å². The number of nitrogens with one attached hydrogen (secondary N) is 1. The summed E-state index contributed by atoms with van der Waals surface area (Å²) in [5, 5.41) is 10.4. The number of rotatable bonds is 8. The summed E-state index contributed by atoms with van der Waals surface area (Å²) in [5.41, 5.74) is 1.34. The van der Waals surface area contributed by atoms with Gasteiger partial charge in [0.05, 0.1) is 18.9 Å². The predicted octanol–water partition coefficient (Wildman–Crippen LogP) is 3.44. The van der Waals surface area contributed by atoms with E-state index in [1.54, 1.807) is 30.3 Å². The molecule has 0 aliphatic carbocycles. The number of ether oxygens (including phenoxy) is 2. The first-order chi connectivity index (χ1) is 16.0. The highest BCUT2D eigenvalue weighted by atomic mass is 16.5. The Bertz CT molecular complexity index is 1170. The maximum Gasteiger partial charge on any atom is 0.322 e. The number of aromatic nitrogens is 2. The van der Waals surface area contributed by atoms with Crippen molar-refractivity contribution < 1.29 is 28.3 Å². The molecule has 1 aliphatic heterocycles. The standard InChI is InChI=1S/C23H22N4O6/c1-3-31-17-10-7-15(13-18(17)32-4-2)22-25-26-23(33-22)24-21(30)14-5-8-16(9-6-14)27-19(28)11-12-20(27)29/h5-10,13H,3-4,11-12H2,1-2H3,(H,24,26,30). The summed E-state index contributed by atoms with van der Waals surface area (Å²) in [7, 11) is 0. The van der Waals surface area contributed by atoms with Gasteiger partial charge in [-0.2, -0.15) is 0 Å². The highest BCUT2D eigenvalue weighted by Gasteiger charge is 2.30. The number of benzene rings is 2. The van der Waals surface area contributed by atoms with Crippen LogP contribution in [0.4, 0.5) is 11.7 Å². The summed E-state index contributed by atoms with van der Waals surface area (Å²) < 4.78 is 16.7. The van der Waals surface area contributed by atoms with Gasteiger partial charge in [-0.05, 0) is 56.3 Å². The molecule has 3 amide bonds. The van der Waals surface area contributed by atoms with Crippen LogP contribution >= 0.6 is 0 Å². The fraction of sp³-hybridized carbons (Fsp3) is 0.261. The quantitative estimate of drug-likeness (QED) is 0.518. The fourth-order valence-electron chi connectivity index (χ4n) is 3.37. The minimum absolute atomic E-state index is 0.0733. The number of hydrogen-bond acceptors (Lipinski definition) is 8. The van der Waals surface area contributed by atoms with Crippen LogP contribution in [-0.2, 0) is 9.59 Å². The molecule has 4 rings (SSSR count). The van der Waals surface area contributed by atoms with Gasteiger partial charge in [-0.1, -0.05) is 5.10 Å². The smallest absolute Gasteiger partial charge is 0.322 e. The molecule has 33 heavy (non-hydrogen) atoms. The minimum atomic E-state index is -0.475. The van der Waals surface area contributed by atoms with E-state index in [1.807, 2.05) is 13.8 Å². The van der Waals surface area contributed by atoms with Gasteiger partial charge < -0.3 is 13.9 Å². The summed E-state index contributed by atoms with van der Waals surface area (Å²) >= 11 is 0. The van der Waals surface area contributed by atoms with Crippen LogP contribution in [-0.4, -0.2) is 41.1 Å². The van der Waals surface area contributed by atoms with E-state index in [1.165, 1.54) is 12.1 Å². The third-order valence-corrected chi connectivity index (χ3v) is 4.88. The van der Waals surface area contributed by atoms with Gasteiger partial charge in [0.2, 0.25) is 17.7 Å². The lowest BCUT2D eigenvalue weighted by atomic mass is 10.2. The Morgan fingerprint density at radius 3 is 2.30 bits per heavy atom. The Morgan fingerprint density at radius 2 is 1.64 bits per heavy atom. The molecule has 170 valence electrons. The topological polar surface area (TPSA) is 124 Å². The second-order valence-electron chi connectivity index (χ2n) is 7.06. The average molecular weight is 450 g/mol. The molecular weight excluding hydrogens is 428 g/mol. The van der Waals surface area contributed by atoms with Crippen molar-refractivity contribution in [3.05, 3.63) is 48.0 Å². The minimum Gasteiger partial charge on any atom is -0.490 e. The van der Waals surface area contributed by atoms with Crippen LogP contribution in [0.1, 0.15) is 37.0 Å². The maximum absolute atomic E-state index is 12.6. The lowest BCUT2D eigenvalue weighted by Gasteiger charge is -2.13. The Balaban J connectivity index is 1.46. The van der Waals surface area contributed by atoms with Crippen molar-refractivity contribution in [3.8, 4) is 23.0 Å². The van der Waals surface area contributed by atoms with Crippen molar-refractivity contribution in [2.75, 3.05) is 23.4 Å². The van der Waals surface area contributed by atoms with Gasteiger partial charge in [0, 0.05) is 24.0 Å². The molecule has 10 nitrogen and oxygen atoms in total. The van der Waals surface area contributed by atoms with E-state index in [0.29, 0.717) is 41.5 Å². The molecule has 1 aromatic heterocycles. The van der Waals surface area contributed by atoms with Crippen LogP contribution in [0.25, 0.3) is 11.5 Å². The van der Waals surface area contributed by atoms with Gasteiger partial charge in [0.1, 0.15) is 0 Å². The van der Waals surface area contributed by atoms with Crippen LogP contribution in [0.3, 0.4) is 0 Å². The number of nitrogens with zero attached hydrogens (tertiary/aromatic N) is 3. The molecule has 0 bridgehead atoms. The average Bonchev–Trinajstić information content (AvgIpc) is 3.41. The Kier molecular flexibility index (Phi) is 6.34. The maximum atomic E-state index is 12.6. The molecule has 3 aromatic rings. The van der Waals surface area contributed by atoms with E-state index in [4.69, 9.17) is 13.9 Å². The molecule has 2 aromatic carbocycles. The third kappa shape index (κ3) is 4.69. The van der Waals surface area contributed by atoms with Crippen LogP contribution < -0.4 is 19.7 Å². The van der Waals surface area contributed by atoms with Gasteiger partial charge >= 0.3 is 6.01 Å². The SMILES string of the molecule is CCOc1ccc(-c2nnc(NC(=O)c3ccc(N4C(=O)CCC4=O)cc3)o2)cc1OCC. The number of imide groups is 1. The Morgan fingerprint density at radius 1 is 0.970 bits per heavy atom. The molecule has 0 radical (unpaired) electrons. The predicted molar refractivity (Wildman–Crippen MR) is 118 cm³/mol. The first kappa shape index (κ1) is 22.0. The van der Waals surface area contributed by atoms with E-state index in [9.17, 15) is 14.4 Å². The number of amides is 3. The largest absolute Gasteiger partial charge is 0.490 e. The van der Waals surface area contributed by atoms with Crippen LogP contribution in [0.2, 0.25) is 0 Å². The van der Waals surface area contributed by atoms with Crippen molar-refractivity contribution in [2.45, 2.75) is 26.7 Å². The third-order valence-electron chi connectivity index (χ3n) is 4.88. The molecule has 0 unspecified atom stereocenters. The molecule has 1 saturated heterocycles. The number of anilines is 2. The van der Waals surface area contributed by atoms with Crippen molar-refractivity contribution in [1.82, 2.24) is 10.2 Å². The molecule has 10 heteroatoms. The van der Waals surface area contributed by atoms with Crippen molar-refractivity contribution in [3.63, 3.8) is 0 Å². The van der Waals surface area contributed by atoms with Crippen LogP contribution in [0.5, 0.6) is 11.5 Å². The zero-order valence-electron chi connectivity index (χ0n) is 18.2. The number of carbonyl (C=O) groups excluding carboxylic acids is 3. The monoisotopic (exact) mass is 450 g/mol. The van der Waals surface area contributed by atoms with Crippen LogP contribution in [0, 0.1) is 0 Å². The highest BCUT2D eigenvalue weighted by molar-refractivity contribution is 6.20. The number of hydrogen-bond donors (Lipinski definition) is 1. The molecule has 2 heterocycles. The van der Waals surface area contributed by atoms with E-state index in [0.717, 1.165) is 4.90 Å². The van der Waals surface area contributed by atoms with Gasteiger partial charge in [-0.25, -0.2) is 0 Å². The molecule has 1 fully saturated rings. The van der Waals surface area contributed by atoms with E-state index >= 15 is 0 Å².